The van der Waals surface area contributed by atoms with E-state index >= 15 is 4.39 Å². The van der Waals surface area contributed by atoms with Gasteiger partial charge in [-0.2, -0.15) is 0 Å². The summed E-state index contributed by atoms with van der Waals surface area (Å²) < 4.78 is 25.6. The van der Waals surface area contributed by atoms with E-state index in [1.807, 2.05) is 0 Å². The van der Waals surface area contributed by atoms with Crippen molar-refractivity contribution in [3.63, 3.8) is 0 Å². The van der Waals surface area contributed by atoms with Crippen molar-refractivity contribution >= 4 is 11.8 Å². The Morgan fingerprint density at radius 3 is 2.26 bits per heavy atom. The molecule has 0 aliphatic carbocycles. The molecule has 0 spiro atoms. The van der Waals surface area contributed by atoms with Crippen LogP contribution in [-0.2, 0) is 14.3 Å². The van der Waals surface area contributed by atoms with Gasteiger partial charge < -0.3 is 9.47 Å². The predicted octanol–water partition coefficient (Wildman–Crippen LogP) is 3.69. The molecule has 0 bridgehead atoms. The number of carbonyl (C=O) groups excluding carboxylic acids is 2. The molecule has 2 atom stereocenters. The SMILES string of the molecule is CC[C@@H](c1cccc(OC)c1)[C@](F)(C(=O)OC)C(=O)C(C)(C)C. The van der Waals surface area contributed by atoms with Crippen LogP contribution in [0.15, 0.2) is 24.3 Å². The Morgan fingerprint density at radius 1 is 1.22 bits per heavy atom. The minimum absolute atomic E-state index is 0.264. The molecular formula is C18H25FO4. The van der Waals surface area contributed by atoms with Crippen molar-refractivity contribution in [3.8, 4) is 5.75 Å². The first kappa shape index (κ1) is 19.1. The number of methoxy groups -OCH3 is 2. The van der Waals surface area contributed by atoms with Crippen LogP contribution in [0.3, 0.4) is 0 Å². The summed E-state index contributed by atoms with van der Waals surface area (Å²) in [5, 5.41) is 0. The number of halogens is 1. The number of ether oxygens (including phenoxy) is 2. The van der Waals surface area contributed by atoms with Crippen LogP contribution >= 0.6 is 0 Å². The van der Waals surface area contributed by atoms with E-state index in [1.54, 1.807) is 52.0 Å². The molecule has 0 unspecified atom stereocenters. The maximum Gasteiger partial charge on any atom is 0.352 e. The van der Waals surface area contributed by atoms with E-state index in [1.165, 1.54) is 7.11 Å². The predicted molar refractivity (Wildman–Crippen MR) is 86.3 cm³/mol. The van der Waals surface area contributed by atoms with Crippen LogP contribution in [0, 0.1) is 5.41 Å². The fourth-order valence-electron chi connectivity index (χ4n) is 2.69. The minimum Gasteiger partial charge on any atom is -0.497 e. The second kappa shape index (κ2) is 7.11. The lowest BCUT2D eigenvalue weighted by Crippen LogP contribution is -2.52. The lowest BCUT2D eigenvalue weighted by molar-refractivity contribution is -0.165. The van der Waals surface area contributed by atoms with Gasteiger partial charge in [0.15, 0.2) is 5.78 Å². The highest BCUT2D eigenvalue weighted by Crippen LogP contribution is 2.41. The smallest absolute Gasteiger partial charge is 0.352 e. The maximum absolute atomic E-state index is 15.8. The van der Waals surface area contributed by atoms with Crippen LogP contribution in [0.1, 0.15) is 45.6 Å². The van der Waals surface area contributed by atoms with Gasteiger partial charge in [-0.3, -0.25) is 4.79 Å². The normalized spacial score (nSPS) is 15.4. The summed E-state index contributed by atoms with van der Waals surface area (Å²) in [7, 11) is 2.59. The lowest BCUT2D eigenvalue weighted by atomic mass is 9.71. The zero-order valence-electron chi connectivity index (χ0n) is 14.6. The highest BCUT2D eigenvalue weighted by atomic mass is 19.1. The van der Waals surface area contributed by atoms with E-state index in [0.29, 0.717) is 11.3 Å². The van der Waals surface area contributed by atoms with Crippen LogP contribution in [-0.4, -0.2) is 31.6 Å². The molecule has 0 aliphatic heterocycles. The number of esters is 1. The minimum atomic E-state index is -2.74. The Balaban J connectivity index is 3.49. The Hall–Kier alpha value is -1.91. The number of hydrogen-bond acceptors (Lipinski definition) is 4. The maximum atomic E-state index is 15.8. The summed E-state index contributed by atoms with van der Waals surface area (Å²) in [5.74, 6) is -2.35. The van der Waals surface area contributed by atoms with Gasteiger partial charge in [0.25, 0.3) is 5.67 Å². The number of ketones is 1. The van der Waals surface area contributed by atoms with Crippen molar-refractivity contribution in [2.75, 3.05) is 14.2 Å². The van der Waals surface area contributed by atoms with Crippen LogP contribution in [0.2, 0.25) is 0 Å². The zero-order valence-corrected chi connectivity index (χ0v) is 14.6. The molecular weight excluding hydrogens is 299 g/mol. The fourth-order valence-corrected chi connectivity index (χ4v) is 2.69. The number of hydrogen-bond donors (Lipinski definition) is 0. The molecule has 0 aromatic heterocycles. The number of benzene rings is 1. The first-order chi connectivity index (χ1) is 10.6. The van der Waals surface area contributed by atoms with Gasteiger partial charge in [0.05, 0.1) is 14.2 Å². The topological polar surface area (TPSA) is 52.6 Å². The molecule has 0 aliphatic rings. The molecule has 0 N–H and O–H groups in total. The van der Waals surface area contributed by atoms with E-state index in [9.17, 15) is 9.59 Å². The Labute approximate surface area is 137 Å². The first-order valence-electron chi connectivity index (χ1n) is 7.59. The molecule has 5 heteroatoms. The molecule has 0 fully saturated rings. The molecule has 0 amide bonds. The van der Waals surface area contributed by atoms with Crippen LogP contribution < -0.4 is 4.74 Å². The molecule has 1 aromatic carbocycles. The number of Topliss-reactive ketones (excluding diaryl/α,β-unsaturated/α-hetero) is 1. The van der Waals surface area contributed by atoms with Gasteiger partial charge in [-0.25, -0.2) is 9.18 Å². The number of alkyl halides is 1. The Kier molecular flexibility index (Phi) is 5.92. The van der Waals surface area contributed by atoms with E-state index in [0.717, 1.165) is 7.11 Å². The van der Waals surface area contributed by atoms with Crippen LogP contribution in [0.5, 0.6) is 5.75 Å². The molecule has 128 valence electrons. The molecule has 4 nitrogen and oxygen atoms in total. The highest BCUT2D eigenvalue weighted by Gasteiger charge is 2.57. The van der Waals surface area contributed by atoms with Crippen molar-refractivity contribution < 1.29 is 23.5 Å². The summed E-state index contributed by atoms with van der Waals surface area (Å²) in [5.41, 5.74) is -3.24. The average molecular weight is 324 g/mol. The van der Waals surface area contributed by atoms with E-state index in [4.69, 9.17) is 4.74 Å². The van der Waals surface area contributed by atoms with Gasteiger partial charge in [-0.1, -0.05) is 39.8 Å². The first-order valence-corrected chi connectivity index (χ1v) is 7.59. The summed E-state index contributed by atoms with van der Waals surface area (Å²) in [6, 6.07) is 6.75. The standard InChI is InChI=1S/C18H25FO4/c1-7-14(12-9-8-10-13(11-12)22-5)18(19,16(21)23-6)15(20)17(2,3)4/h8-11,14H,7H2,1-6H3/t14-,18+/m0/s1. The largest absolute Gasteiger partial charge is 0.497 e. The van der Waals surface area contributed by atoms with Gasteiger partial charge in [0.2, 0.25) is 0 Å². The van der Waals surface area contributed by atoms with Gasteiger partial charge in [-0.05, 0) is 24.1 Å². The second-order valence-corrected chi connectivity index (χ2v) is 6.52. The van der Waals surface area contributed by atoms with Crippen molar-refractivity contribution in [3.05, 3.63) is 29.8 Å². The molecule has 23 heavy (non-hydrogen) atoms. The molecule has 0 heterocycles. The van der Waals surface area contributed by atoms with Gasteiger partial charge in [-0.15, -0.1) is 0 Å². The number of rotatable bonds is 6. The lowest BCUT2D eigenvalue weighted by Gasteiger charge is -2.34. The molecule has 0 radical (unpaired) electrons. The third kappa shape index (κ3) is 3.71. The quantitative estimate of drug-likeness (QED) is 0.591. The molecule has 0 saturated heterocycles. The van der Waals surface area contributed by atoms with E-state index in [2.05, 4.69) is 4.74 Å². The Bertz CT molecular complexity index is 577. The molecule has 1 aromatic rings. The highest BCUT2D eigenvalue weighted by molar-refractivity contribution is 6.10. The van der Waals surface area contributed by atoms with Crippen molar-refractivity contribution in [1.29, 1.82) is 0 Å². The van der Waals surface area contributed by atoms with E-state index < -0.39 is 28.8 Å². The van der Waals surface area contributed by atoms with Crippen LogP contribution in [0.4, 0.5) is 4.39 Å². The van der Waals surface area contributed by atoms with Crippen molar-refractivity contribution in [2.24, 2.45) is 5.41 Å². The second-order valence-electron chi connectivity index (χ2n) is 6.52. The van der Waals surface area contributed by atoms with Crippen molar-refractivity contribution in [1.82, 2.24) is 0 Å². The summed E-state index contributed by atoms with van der Waals surface area (Å²) in [4.78, 5) is 24.9. The molecule has 0 saturated carbocycles. The van der Waals surface area contributed by atoms with Gasteiger partial charge in [0.1, 0.15) is 5.75 Å². The van der Waals surface area contributed by atoms with Gasteiger partial charge >= 0.3 is 5.97 Å². The molecule has 1 rings (SSSR count). The van der Waals surface area contributed by atoms with E-state index in [-0.39, 0.29) is 6.42 Å². The monoisotopic (exact) mass is 324 g/mol. The fraction of sp³-hybridized carbons (Fsp3) is 0.556. The van der Waals surface area contributed by atoms with Crippen LogP contribution in [0.25, 0.3) is 0 Å². The zero-order chi connectivity index (χ0) is 17.8. The van der Waals surface area contributed by atoms with Crippen molar-refractivity contribution in [2.45, 2.75) is 45.7 Å². The third-order valence-electron chi connectivity index (χ3n) is 3.88. The summed E-state index contributed by atoms with van der Waals surface area (Å²) in [6.45, 7) is 6.50. The van der Waals surface area contributed by atoms with Gasteiger partial charge in [0, 0.05) is 11.3 Å². The Morgan fingerprint density at radius 2 is 1.83 bits per heavy atom. The summed E-state index contributed by atoms with van der Waals surface area (Å²) in [6.07, 6.45) is 0.264. The average Bonchev–Trinajstić information content (AvgIpc) is 2.52. The third-order valence-corrected chi connectivity index (χ3v) is 3.88. The summed E-state index contributed by atoms with van der Waals surface area (Å²) >= 11 is 0. The number of carbonyl (C=O) groups is 2.